The number of hydrogen-bond acceptors (Lipinski definition) is 3. The number of carbonyl (C=O) groups is 1. The topological polar surface area (TPSA) is 55.6 Å². The van der Waals surface area contributed by atoms with Gasteiger partial charge in [0.2, 0.25) is 5.91 Å². The highest BCUT2D eigenvalue weighted by molar-refractivity contribution is 5.79. The molecule has 1 atom stereocenters. The Morgan fingerprint density at radius 2 is 1.92 bits per heavy atom. The average Bonchev–Trinajstić information content (AvgIpc) is 2.62. The summed E-state index contributed by atoms with van der Waals surface area (Å²) in [7, 11) is 1.93. The number of ether oxygens (including phenoxy) is 1. The summed E-state index contributed by atoms with van der Waals surface area (Å²) < 4.78 is 6.19. The van der Waals surface area contributed by atoms with Crippen molar-refractivity contribution < 1.29 is 9.53 Å². The standard InChI is InChI=1S/C21H34N2O2/c1-4-8-19(5-2)25-20-10-7-6-9-16(20)15-21(24)23(3)18-13-11-17(22)12-14-18/h6-7,9-10,17-19H,4-5,8,11-15,22H2,1-3H3/t17-,18-,19?. The van der Waals surface area contributed by atoms with Crippen molar-refractivity contribution in [1.29, 1.82) is 0 Å². The minimum atomic E-state index is 0.167. The molecule has 1 fully saturated rings. The van der Waals surface area contributed by atoms with Gasteiger partial charge in [-0.1, -0.05) is 38.5 Å². The second-order valence-corrected chi connectivity index (χ2v) is 7.29. The van der Waals surface area contributed by atoms with Crippen LogP contribution in [0.3, 0.4) is 0 Å². The lowest BCUT2D eigenvalue weighted by atomic mass is 9.90. The SMILES string of the molecule is CCCC(CC)Oc1ccccc1CC(=O)N(C)[C@H]1CC[C@H](N)CC1. The molecule has 1 saturated carbocycles. The first-order chi connectivity index (χ1) is 12.0. The predicted octanol–water partition coefficient (Wildman–Crippen LogP) is 3.91. The van der Waals surface area contributed by atoms with Crippen molar-refractivity contribution in [3.8, 4) is 5.75 Å². The van der Waals surface area contributed by atoms with Gasteiger partial charge in [-0.2, -0.15) is 0 Å². The van der Waals surface area contributed by atoms with Crippen LogP contribution in [-0.4, -0.2) is 36.0 Å². The molecule has 0 radical (unpaired) electrons. The van der Waals surface area contributed by atoms with E-state index < -0.39 is 0 Å². The third-order valence-electron chi connectivity index (χ3n) is 5.36. The van der Waals surface area contributed by atoms with Crippen LogP contribution in [0.4, 0.5) is 0 Å². The Morgan fingerprint density at radius 3 is 2.56 bits per heavy atom. The highest BCUT2D eigenvalue weighted by Gasteiger charge is 2.25. The normalized spacial score (nSPS) is 21.6. The molecular weight excluding hydrogens is 312 g/mol. The van der Waals surface area contributed by atoms with E-state index in [1.807, 2.05) is 36.2 Å². The molecule has 0 heterocycles. The van der Waals surface area contributed by atoms with Crippen molar-refractivity contribution in [3.63, 3.8) is 0 Å². The predicted molar refractivity (Wildman–Crippen MR) is 103 cm³/mol. The molecule has 1 unspecified atom stereocenters. The quantitative estimate of drug-likeness (QED) is 0.776. The zero-order chi connectivity index (χ0) is 18.2. The van der Waals surface area contributed by atoms with Crippen molar-refractivity contribution in [3.05, 3.63) is 29.8 Å². The van der Waals surface area contributed by atoms with E-state index in [0.29, 0.717) is 18.5 Å². The smallest absolute Gasteiger partial charge is 0.227 e. The minimum absolute atomic E-state index is 0.167. The molecular formula is C21H34N2O2. The maximum absolute atomic E-state index is 12.8. The Kier molecular flexibility index (Phi) is 7.76. The number of benzene rings is 1. The van der Waals surface area contributed by atoms with Crippen LogP contribution in [0.2, 0.25) is 0 Å². The van der Waals surface area contributed by atoms with Gasteiger partial charge in [-0.25, -0.2) is 0 Å². The van der Waals surface area contributed by atoms with E-state index in [9.17, 15) is 4.79 Å². The highest BCUT2D eigenvalue weighted by Crippen LogP contribution is 2.25. The van der Waals surface area contributed by atoms with Gasteiger partial charge in [-0.15, -0.1) is 0 Å². The Labute approximate surface area is 152 Å². The number of nitrogens with zero attached hydrogens (tertiary/aromatic N) is 1. The lowest BCUT2D eigenvalue weighted by Gasteiger charge is -2.33. The van der Waals surface area contributed by atoms with Gasteiger partial charge in [0, 0.05) is 24.7 Å². The van der Waals surface area contributed by atoms with Crippen molar-refractivity contribution >= 4 is 5.91 Å². The summed E-state index contributed by atoms with van der Waals surface area (Å²) in [6.07, 6.45) is 7.79. The fourth-order valence-corrected chi connectivity index (χ4v) is 3.59. The molecule has 1 aromatic rings. The fourth-order valence-electron chi connectivity index (χ4n) is 3.59. The van der Waals surface area contributed by atoms with E-state index >= 15 is 0 Å². The van der Waals surface area contributed by atoms with Crippen molar-refractivity contribution in [2.24, 2.45) is 5.73 Å². The summed E-state index contributed by atoms with van der Waals surface area (Å²) in [5.41, 5.74) is 6.97. The molecule has 1 aliphatic carbocycles. The maximum Gasteiger partial charge on any atom is 0.227 e. The average molecular weight is 347 g/mol. The second-order valence-electron chi connectivity index (χ2n) is 7.29. The second kappa shape index (κ2) is 9.81. The van der Waals surface area contributed by atoms with Gasteiger partial charge in [0.25, 0.3) is 0 Å². The lowest BCUT2D eigenvalue weighted by Crippen LogP contribution is -2.42. The zero-order valence-electron chi connectivity index (χ0n) is 16.0. The molecule has 4 nitrogen and oxygen atoms in total. The van der Waals surface area contributed by atoms with E-state index in [1.165, 1.54) is 0 Å². The lowest BCUT2D eigenvalue weighted by molar-refractivity contribution is -0.131. The monoisotopic (exact) mass is 346 g/mol. The molecule has 1 amide bonds. The van der Waals surface area contributed by atoms with Gasteiger partial charge < -0.3 is 15.4 Å². The number of rotatable bonds is 8. The fraction of sp³-hybridized carbons (Fsp3) is 0.667. The first-order valence-corrected chi connectivity index (χ1v) is 9.80. The van der Waals surface area contributed by atoms with Gasteiger partial charge in [0.15, 0.2) is 0 Å². The van der Waals surface area contributed by atoms with E-state index in [4.69, 9.17) is 10.5 Å². The third kappa shape index (κ3) is 5.74. The summed E-state index contributed by atoms with van der Waals surface area (Å²) in [6, 6.07) is 8.59. The highest BCUT2D eigenvalue weighted by atomic mass is 16.5. The number of nitrogens with two attached hydrogens (primary N) is 1. The van der Waals surface area contributed by atoms with Crippen molar-refractivity contribution in [2.75, 3.05) is 7.05 Å². The van der Waals surface area contributed by atoms with E-state index in [1.54, 1.807) is 0 Å². The van der Waals surface area contributed by atoms with Gasteiger partial charge in [0.1, 0.15) is 5.75 Å². The minimum Gasteiger partial charge on any atom is -0.490 e. The first kappa shape index (κ1) is 19.8. The Balaban J connectivity index is 2.00. The Hall–Kier alpha value is -1.55. The molecule has 2 rings (SSSR count). The molecule has 2 N–H and O–H groups in total. The van der Waals surface area contributed by atoms with Crippen LogP contribution < -0.4 is 10.5 Å². The number of hydrogen-bond donors (Lipinski definition) is 1. The summed E-state index contributed by atoms with van der Waals surface area (Å²) >= 11 is 0. The third-order valence-corrected chi connectivity index (χ3v) is 5.36. The Bertz CT molecular complexity index is 538. The van der Waals surface area contributed by atoms with E-state index in [-0.39, 0.29) is 12.0 Å². The molecule has 140 valence electrons. The maximum atomic E-state index is 12.8. The van der Waals surface area contributed by atoms with Gasteiger partial charge >= 0.3 is 0 Å². The summed E-state index contributed by atoms with van der Waals surface area (Å²) in [6.45, 7) is 4.32. The number of carbonyl (C=O) groups excluding carboxylic acids is 1. The van der Waals surface area contributed by atoms with Crippen LogP contribution in [-0.2, 0) is 11.2 Å². The van der Waals surface area contributed by atoms with E-state index in [2.05, 4.69) is 13.8 Å². The van der Waals surface area contributed by atoms with Crippen molar-refractivity contribution in [2.45, 2.75) is 83.4 Å². The van der Waals surface area contributed by atoms with Gasteiger partial charge in [0.05, 0.1) is 12.5 Å². The molecule has 0 aliphatic heterocycles. The number of likely N-dealkylation sites (N-methyl/N-ethyl adjacent to an activating group) is 1. The molecule has 0 bridgehead atoms. The van der Waals surface area contributed by atoms with Crippen LogP contribution in [0.5, 0.6) is 5.75 Å². The van der Waals surface area contributed by atoms with Crippen LogP contribution >= 0.6 is 0 Å². The molecule has 1 aliphatic rings. The molecule has 0 saturated heterocycles. The molecule has 4 heteroatoms. The Morgan fingerprint density at radius 1 is 1.24 bits per heavy atom. The van der Waals surface area contributed by atoms with Crippen LogP contribution in [0.15, 0.2) is 24.3 Å². The first-order valence-electron chi connectivity index (χ1n) is 9.80. The largest absolute Gasteiger partial charge is 0.490 e. The summed E-state index contributed by atoms with van der Waals surface area (Å²) in [4.78, 5) is 14.7. The van der Waals surface area contributed by atoms with Gasteiger partial charge in [-0.05, 0) is 44.6 Å². The summed E-state index contributed by atoms with van der Waals surface area (Å²) in [5.74, 6) is 1.02. The summed E-state index contributed by atoms with van der Waals surface area (Å²) in [5, 5.41) is 0. The zero-order valence-corrected chi connectivity index (χ0v) is 16.0. The van der Waals surface area contributed by atoms with Crippen LogP contribution in [0.25, 0.3) is 0 Å². The molecule has 0 aromatic heterocycles. The van der Waals surface area contributed by atoms with Crippen molar-refractivity contribution in [1.82, 2.24) is 4.90 Å². The molecule has 0 spiro atoms. The molecule has 25 heavy (non-hydrogen) atoms. The van der Waals surface area contributed by atoms with Crippen LogP contribution in [0.1, 0.15) is 64.4 Å². The van der Waals surface area contributed by atoms with Gasteiger partial charge in [-0.3, -0.25) is 4.79 Å². The number of amides is 1. The molecule has 1 aromatic carbocycles. The number of para-hydroxylation sites is 1. The van der Waals surface area contributed by atoms with Crippen LogP contribution in [0, 0.1) is 0 Å². The van der Waals surface area contributed by atoms with E-state index in [0.717, 1.165) is 56.3 Å².